The lowest BCUT2D eigenvalue weighted by atomic mass is 10.3. The Morgan fingerprint density at radius 3 is 2.92 bits per heavy atom. The van der Waals surface area contributed by atoms with Crippen LogP contribution in [-0.4, -0.2) is 19.7 Å². The van der Waals surface area contributed by atoms with Gasteiger partial charge in [-0.05, 0) is 30.8 Å². The monoisotopic (exact) mass is 192 g/mol. The van der Waals surface area contributed by atoms with Crippen molar-refractivity contribution in [2.24, 2.45) is 0 Å². The molecule has 2 aromatic heterocycles. The first-order valence-corrected chi connectivity index (χ1v) is 4.22. The number of nitrogens with one attached hydrogen (secondary N) is 1. The molecule has 0 saturated carbocycles. The van der Waals surface area contributed by atoms with E-state index in [9.17, 15) is 0 Å². The number of aryl methyl sites for hydroxylation is 1. The zero-order valence-electron chi connectivity index (χ0n) is 7.06. The fourth-order valence-electron chi connectivity index (χ4n) is 1.10. The predicted octanol–water partition coefficient (Wildman–Crippen LogP) is 1.63. The van der Waals surface area contributed by atoms with E-state index in [-0.39, 0.29) is 0 Å². The summed E-state index contributed by atoms with van der Waals surface area (Å²) in [5.74, 6) is 0. The molecule has 0 spiro atoms. The van der Waals surface area contributed by atoms with E-state index in [4.69, 9.17) is 12.2 Å². The maximum absolute atomic E-state index is 5.03. The average Bonchev–Trinajstić information content (AvgIpc) is 2.51. The Balaban J connectivity index is 2.59. The normalized spacial score (nSPS) is 10.2. The number of hydrogen-bond acceptors (Lipinski definition) is 3. The average molecular weight is 192 g/mol. The minimum atomic E-state index is 0.576. The largest absolute Gasteiger partial charge is 0.273 e. The van der Waals surface area contributed by atoms with Crippen LogP contribution in [0.1, 0.15) is 5.56 Å². The van der Waals surface area contributed by atoms with Crippen molar-refractivity contribution in [3.63, 3.8) is 0 Å². The fraction of sp³-hybridized carbons (Fsp3) is 0.125. The molecule has 0 aromatic carbocycles. The zero-order chi connectivity index (χ0) is 9.26. The summed E-state index contributed by atoms with van der Waals surface area (Å²) in [4.78, 5) is 4.07. The van der Waals surface area contributed by atoms with E-state index in [0.717, 1.165) is 11.3 Å². The third-order valence-corrected chi connectivity index (χ3v) is 1.98. The van der Waals surface area contributed by atoms with Crippen molar-refractivity contribution in [2.45, 2.75) is 6.92 Å². The highest BCUT2D eigenvalue weighted by molar-refractivity contribution is 7.71. The van der Waals surface area contributed by atoms with E-state index < -0.39 is 0 Å². The fourth-order valence-corrected chi connectivity index (χ4v) is 1.31. The molecule has 0 bridgehead atoms. The molecule has 2 heterocycles. The number of aromatic amines is 1. The van der Waals surface area contributed by atoms with E-state index in [2.05, 4.69) is 15.2 Å². The lowest BCUT2D eigenvalue weighted by Gasteiger charge is -2.00. The number of aromatic nitrogens is 4. The van der Waals surface area contributed by atoms with E-state index >= 15 is 0 Å². The second kappa shape index (κ2) is 3.10. The van der Waals surface area contributed by atoms with Crippen LogP contribution in [0, 0.1) is 11.7 Å². The first-order chi connectivity index (χ1) is 6.27. The summed E-state index contributed by atoms with van der Waals surface area (Å²) in [7, 11) is 0. The van der Waals surface area contributed by atoms with Crippen LogP contribution in [-0.2, 0) is 0 Å². The Bertz CT molecular complexity index is 471. The number of nitrogens with zero attached hydrogens (tertiary/aromatic N) is 3. The highest BCUT2D eigenvalue weighted by Gasteiger charge is 1.97. The Morgan fingerprint density at radius 1 is 1.46 bits per heavy atom. The second-order valence-electron chi connectivity index (χ2n) is 2.75. The summed E-state index contributed by atoms with van der Waals surface area (Å²) in [5, 5.41) is 6.52. The van der Waals surface area contributed by atoms with Crippen LogP contribution in [0.25, 0.3) is 5.69 Å². The molecule has 0 aliphatic rings. The van der Waals surface area contributed by atoms with Crippen LogP contribution in [0.5, 0.6) is 0 Å². The number of hydrogen-bond donors (Lipinski definition) is 1. The number of rotatable bonds is 1. The highest BCUT2D eigenvalue weighted by Crippen LogP contribution is 2.06. The smallest absolute Gasteiger partial charge is 0.199 e. The zero-order valence-corrected chi connectivity index (χ0v) is 7.88. The number of H-pyrrole nitrogens is 1. The van der Waals surface area contributed by atoms with E-state index in [1.807, 2.05) is 13.0 Å². The molecule has 2 aromatic rings. The maximum Gasteiger partial charge on any atom is 0.199 e. The summed E-state index contributed by atoms with van der Waals surface area (Å²) in [6.45, 7) is 1.99. The van der Waals surface area contributed by atoms with Gasteiger partial charge in [-0.15, -0.1) is 0 Å². The van der Waals surface area contributed by atoms with Gasteiger partial charge in [0.25, 0.3) is 0 Å². The molecule has 0 radical (unpaired) electrons. The lowest BCUT2D eigenvalue weighted by Crippen LogP contribution is -1.93. The van der Waals surface area contributed by atoms with Gasteiger partial charge in [0.05, 0.1) is 11.9 Å². The molecule has 1 N–H and O–H groups in total. The Labute approximate surface area is 80.3 Å². The van der Waals surface area contributed by atoms with Crippen molar-refractivity contribution in [1.82, 2.24) is 19.7 Å². The van der Waals surface area contributed by atoms with Crippen molar-refractivity contribution < 1.29 is 0 Å². The van der Waals surface area contributed by atoms with Gasteiger partial charge in [-0.3, -0.25) is 14.6 Å². The van der Waals surface area contributed by atoms with Crippen molar-refractivity contribution in [2.75, 3.05) is 0 Å². The van der Waals surface area contributed by atoms with Crippen LogP contribution in [0.3, 0.4) is 0 Å². The molecule has 0 amide bonds. The molecule has 5 heteroatoms. The van der Waals surface area contributed by atoms with Crippen LogP contribution in [0.2, 0.25) is 0 Å². The molecule has 13 heavy (non-hydrogen) atoms. The topological polar surface area (TPSA) is 46.5 Å². The second-order valence-corrected chi connectivity index (χ2v) is 3.14. The first kappa shape index (κ1) is 8.12. The molecule has 0 aliphatic carbocycles. The van der Waals surface area contributed by atoms with Gasteiger partial charge in [-0.2, -0.15) is 5.10 Å². The molecular formula is C8H8N4S. The lowest BCUT2D eigenvalue weighted by molar-refractivity contribution is 1.01. The summed E-state index contributed by atoms with van der Waals surface area (Å²) in [5.41, 5.74) is 2.03. The third-order valence-electron chi connectivity index (χ3n) is 1.69. The highest BCUT2D eigenvalue weighted by atomic mass is 32.1. The van der Waals surface area contributed by atoms with Gasteiger partial charge in [-0.25, -0.2) is 0 Å². The van der Waals surface area contributed by atoms with Gasteiger partial charge >= 0.3 is 0 Å². The van der Waals surface area contributed by atoms with Crippen LogP contribution in [0.15, 0.2) is 24.8 Å². The van der Waals surface area contributed by atoms with Gasteiger partial charge in [0.15, 0.2) is 4.77 Å². The van der Waals surface area contributed by atoms with Crippen LogP contribution >= 0.6 is 12.2 Å². The maximum atomic E-state index is 5.03. The Kier molecular flexibility index (Phi) is 1.94. The summed E-state index contributed by atoms with van der Waals surface area (Å²) >= 11 is 5.03. The molecule has 2 rings (SSSR count). The van der Waals surface area contributed by atoms with E-state index in [1.54, 1.807) is 23.3 Å². The molecule has 0 unspecified atom stereocenters. The Hall–Kier alpha value is -1.49. The van der Waals surface area contributed by atoms with Gasteiger partial charge in [0.2, 0.25) is 0 Å². The standard InChI is InChI=1S/C8H8N4S/c1-6-2-7(4-9-3-6)12-5-10-11-8(12)13/h2-5H,1H3,(H,11,13). The quantitative estimate of drug-likeness (QED) is 0.698. The summed E-state index contributed by atoms with van der Waals surface area (Å²) < 4.78 is 2.35. The van der Waals surface area contributed by atoms with Gasteiger partial charge < -0.3 is 0 Å². The number of pyridine rings is 1. The summed E-state index contributed by atoms with van der Waals surface area (Å²) in [6, 6.07) is 2.00. The SMILES string of the molecule is Cc1cncc(-n2cn[nH]c2=S)c1. The van der Waals surface area contributed by atoms with Gasteiger partial charge in [0.1, 0.15) is 6.33 Å². The van der Waals surface area contributed by atoms with Gasteiger partial charge in [0, 0.05) is 6.20 Å². The third kappa shape index (κ3) is 1.50. The van der Waals surface area contributed by atoms with E-state index in [1.165, 1.54) is 0 Å². The van der Waals surface area contributed by atoms with Crippen molar-refractivity contribution in [3.05, 3.63) is 35.1 Å². The van der Waals surface area contributed by atoms with Crippen molar-refractivity contribution in [3.8, 4) is 5.69 Å². The predicted molar refractivity (Wildman–Crippen MR) is 51.3 cm³/mol. The van der Waals surface area contributed by atoms with Crippen molar-refractivity contribution >= 4 is 12.2 Å². The molecule has 4 nitrogen and oxygen atoms in total. The molecule has 0 fully saturated rings. The van der Waals surface area contributed by atoms with Gasteiger partial charge in [-0.1, -0.05) is 0 Å². The first-order valence-electron chi connectivity index (χ1n) is 3.81. The van der Waals surface area contributed by atoms with Crippen LogP contribution in [0.4, 0.5) is 0 Å². The van der Waals surface area contributed by atoms with Crippen molar-refractivity contribution in [1.29, 1.82) is 0 Å². The summed E-state index contributed by atoms with van der Waals surface area (Å²) in [6.07, 6.45) is 5.18. The molecule has 0 aliphatic heterocycles. The molecule has 66 valence electrons. The molecule has 0 saturated heterocycles. The minimum absolute atomic E-state index is 0.576. The Morgan fingerprint density at radius 2 is 2.31 bits per heavy atom. The minimum Gasteiger partial charge on any atom is -0.273 e. The molecule has 0 atom stereocenters. The van der Waals surface area contributed by atoms with Crippen LogP contribution < -0.4 is 0 Å². The molecular weight excluding hydrogens is 184 g/mol. The van der Waals surface area contributed by atoms with E-state index in [0.29, 0.717) is 4.77 Å².